The molecule has 1 aromatic carbocycles. The number of carbonyl (C=O) groups excluding carboxylic acids is 1. The first kappa shape index (κ1) is 25.9. The number of aliphatic imine (C=N–C) groups is 1. The van der Waals surface area contributed by atoms with E-state index in [2.05, 4.69) is 32.9 Å². The largest absolute Gasteiger partial charge is 0.382 e. The van der Waals surface area contributed by atoms with Crippen LogP contribution in [0, 0.1) is 0 Å². The van der Waals surface area contributed by atoms with Gasteiger partial charge in [-0.1, -0.05) is 24.3 Å². The van der Waals surface area contributed by atoms with Crippen LogP contribution < -0.4 is 10.6 Å². The Bertz CT molecular complexity index is 765. The zero-order chi connectivity index (χ0) is 20.9. The summed E-state index contributed by atoms with van der Waals surface area (Å²) in [6.07, 6.45) is 4.59. The number of nitrogens with zero attached hydrogens (tertiary/aromatic N) is 4. The molecule has 0 aliphatic rings. The van der Waals surface area contributed by atoms with Crippen LogP contribution in [-0.2, 0) is 22.6 Å². The Morgan fingerprint density at radius 1 is 1.20 bits per heavy atom. The summed E-state index contributed by atoms with van der Waals surface area (Å²) in [5.41, 5.74) is 2.29. The standard InChI is InChI=1S/C21H32N6O2.HI/c1-4-29-14-8-11-22-21(24-16-20(28)26(2)3)23-15-18-9-5-6-10-19(18)17-27-13-7-12-25-27;/h5-7,9-10,12-13H,4,8,11,14-17H2,1-3H3,(H2,22,23,24);1H. The maximum absolute atomic E-state index is 11.9. The van der Waals surface area contributed by atoms with E-state index in [0.717, 1.165) is 18.5 Å². The lowest BCUT2D eigenvalue weighted by atomic mass is 10.1. The minimum absolute atomic E-state index is 0. The average Bonchev–Trinajstić information content (AvgIpc) is 3.23. The van der Waals surface area contributed by atoms with Crippen molar-refractivity contribution in [2.45, 2.75) is 26.4 Å². The van der Waals surface area contributed by atoms with Crippen LogP contribution in [0.15, 0.2) is 47.7 Å². The Morgan fingerprint density at radius 3 is 2.63 bits per heavy atom. The Balaban J connectivity index is 0.00000450. The smallest absolute Gasteiger partial charge is 0.241 e. The predicted molar refractivity (Wildman–Crippen MR) is 130 cm³/mol. The number of amides is 1. The monoisotopic (exact) mass is 528 g/mol. The van der Waals surface area contributed by atoms with Crippen molar-refractivity contribution >= 4 is 35.8 Å². The topological polar surface area (TPSA) is 83.8 Å². The third-order valence-corrected chi connectivity index (χ3v) is 4.29. The number of hydrogen-bond donors (Lipinski definition) is 2. The molecular formula is C21H33IN6O2. The van der Waals surface area contributed by atoms with Gasteiger partial charge in [-0.15, -0.1) is 24.0 Å². The number of aromatic nitrogens is 2. The van der Waals surface area contributed by atoms with Gasteiger partial charge in [0.1, 0.15) is 0 Å². The lowest BCUT2D eigenvalue weighted by Gasteiger charge is -2.15. The summed E-state index contributed by atoms with van der Waals surface area (Å²) >= 11 is 0. The first-order valence-corrected chi connectivity index (χ1v) is 9.94. The van der Waals surface area contributed by atoms with Crippen molar-refractivity contribution in [2.24, 2.45) is 4.99 Å². The predicted octanol–water partition coefficient (Wildman–Crippen LogP) is 2.10. The average molecular weight is 528 g/mol. The van der Waals surface area contributed by atoms with Gasteiger partial charge in [0.05, 0.1) is 19.6 Å². The summed E-state index contributed by atoms with van der Waals surface area (Å²) < 4.78 is 7.26. The summed E-state index contributed by atoms with van der Waals surface area (Å²) in [7, 11) is 3.48. The van der Waals surface area contributed by atoms with Crippen molar-refractivity contribution in [1.29, 1.82) is 0 Å². The molecule has 0 atom stereocenters. The zero-order valence-electron chi connectivity index (χ0n) is 18.0. The van der Waals surface area contributed by atoms with E-state index in [9.17, 15) is 4.79 Å². The quantitative estimate of drug-likeness (QED) is 0.202. The summed E-state index contributed by atoms with van der Waals surface area (Å²) in [5, 5.41) is 10.7. The van der Waals surface area contributed by atoms with Crippen molar-refractivity contribution in [2.75, 3.05) is 40.4 Å². The molecule has 0 saturated heterocycles. The highest BCUT2D eigenvalue weighted by atomic mass is 127. The third-order valence-electron chi connectivity index (χ3n) is 4.29. The fourth-order valence-corrected chi connectivity index (χ4v) is 2.62. The molecule has 9 heteroatoms. The molecule has 0 saturated carbocycles. The lowest BCUT2D eigenvalue weighted by molar-refractivity contribution is -0.127. The summed E-state index contributed by atoms with van der Waals surface area (Å²) in [5.74, 6) is 0.610. The van der Waals surface area contributed by atoms with Gasteiger partial charge in [-0.2, -0.15) is 5.10 Å². The molecule has 1 amide bonds. The van der Waals surface area contributed by atoms with Crippen LogP contribution in [-0.4, -0.2) is 66.9 Å². The number of carbonyl (C=O) groups is 1. The van der Waals surface area contributed by atoms with E-state index in [1.807, 2.05) is 36.0 Å². The van der Waals surface area contributed by atoms with E-state index in [1.54, 1.807) is 25.2 Å². The SMILES string of the molecule is CCOCCCNC(=NCc1ccccc1Cn1cccn1)NCC(=O)N(C)C.I. The van der Waals surface area contributed by atoms with E-state index >= 15 is 0 Å². The molecule has 0 aliphatic heterocycles. The second-order valence-electron chi connectivity index (χ2n) is 6.76. The molecule has 1 aromatic heterocycles. The molecule has 2 aromatic rings. The van der Waals surface area contributed by atoms with Gasteiger partial charge in [-0.05, 0) is 30.5 Å². The van der Waals surface area contributed by atoms with Crippen LogP contribution in [0.3, 0.4) is 0 Å². The minimum atomic E-state index is -0.00658. The molecule has 0 aliphatic carbocycles. The Hall–Kier alpha value is -2.14. The number of ether oxygens (including phenoxy) is 1. The molecule has 0 unspecified atom stereocenters. The highest BCUT2D eigenvalue weighted by molar-refractivity contribution is 14.0. The van der Waals surface area contributed by atoms with E-state index in [-0.39, 0.29) is 36.4 Å². The maximum atomic E-state index is 11.9. The first-order chi connectivity index (χ1) is 14.1. The van der Waals surface area contributed by atoms with Gasteiger partial charge in [0, 0.05) is 46.2 Å². The lowest BCUT2D eigenvalue weighted by Crippen LogP contribution is -2.43. The van der Waals surface area contributed by atoms with Gasteiger partial charge in [-0.3, -0.25) is 9.48 Å². The third kappa shape index (κ3) is 9.57. The molecule has 8 nitrogen and oxygen atoms in total. The second kappa shape index (κ2) is 14.8. The number of halogens is 1. The molecule has 0 radical (unpaired) electrons. The van der Waals surface area contributed by atoms with Gasteiger partial charge < -0.3 is 20.3 Å². The van der Waals surface area contributed by atoms with Gasteiger partial charge in [0.25, 0.3) is 0 Å². The number of likely N-dealkylation sites (N-methyl/N-ethyl adjacent to an activating group) is 1. The molecule has 0 fully saturated rings. The molecular weight excluding hydrogens is 495 g/mol. The zero-order valence-corrected chi connectivity index (χ0v) is 20.3. The molecule has 0 bridgehead atoms. The van der Waals surface area contributed by atoms with Gasteiger partial charge in [0.2, 0.25) is 5.91 Å². The van der Waals surface area contributed by atoms with Crippen LogP contribution in [0.25, 0.3) is 0 Å². The summed E-state index contributed by atoms with van der Waals surface area (Å²) in [4.78, 5) is 18.2. The van der Waals surface area contributed by atoms with E-state index in [0.29, 0.717) is 32.3 Å². The number of rotatable bonds is 11. The normalized spacial score (nSPS) is 11.0. The Labute approximate surface area is 196 Å². The van der Waals surface area contributed by atoms with Crippen molar-refractivity contribution in [1.82, 2.24) is 25.3 Å². The Morgan fingerprint density at radius 2 is 1.97 bits per heavy atom. The first-order valence-electron chi connectivity index (χ1n) is 9.94. The molecule has 166 valence electrons. The molecule has 2 N–H and O–H groups in total. The van der Waals surface area contributed by atoms with Crippen LogP contribution >= 0.6 is 24.0 Å². The number of nitrogens with one attached hydrogen (secondary N) is 2. The van der Waals surface area contributed by atoms with E-state index < -0.39 is 0 Å². The van der Waals surface area contributed by atoms with Crippen molar-refractivity contribution in [3.8, 4) is 0 Å². The van der Waals surface area contributed by atoms with Gasteiger partial charge >= 0.3 is 0 Å². The number of guanidine groups is 1. The molecule has 0 spiro atoms. The Kier molecular flexibility index (Phi) is 12.8. The highest BCUT2D eigenvalue weighted by Gasteiger charge is 2.07. The van der Waals surface area contributed by atoms with Crippen LogP contribution in [0.4, 0.5) is 0 Å². The van der Waals surface area contributed by atoms with E-state index in [1.165, 1.54) is 5.56 Å². The maximum Gasteiger partial charge on any atom is 0.241 e. The highest BCUT2D eigenvalue weighted by Crippen LogP contribution is 2.11. The second-order valence-corrected chi connectivity index (χ2v) is 6.76. The van der Waals surface area contributed by atoms with Gasteiger partial charge in [-0.25, -0.2) is 4.99 Å². The van der Waals surface area contributed by atoms with Crippen LogP contribution in [0.5, 0.6) is 0 Å². The fourth-order valence-electron chi connectivity index (χ4n) is 2.62. The summed E-state index contributed by atoms with van der Waals surface area (Å²) in [6, 6.07) is 10.1. The van der Waals surface area contributed by atoms with Crippen molar-refractivity contribution in [3.63, 3.8) is 0 Å². The molecule has 30 heavy (non-hydrogen) atoms. The molecule has 1 heterocycles. The van der Waals surface area contributed by atoms with Gasteiger partial charge in [0.15, 0.2) is 5.96 Å². The summed E-state index contributed by atoms with van der Waals surface area (Å²) in [6.45, 7) is 5.51. The number of hydrogen-bond acceptors (Lipinski definition) is 4. The minimum Gasteiger partial charge on any atom is -0.382 e. The fraction of sp³-hybridized carbons (Fsp3) is 0.476. The van der Waals surface area contributed by atoms with Crippen LogP contribution in [0.2, 0.25) is 0 Å². The van der Waals surface area contributed by atoms with Crippen molar-refractivity contribution in [3.05, 3.63) is 53.9 Å². The van der Waals surface area contributed by atoms with E-state index in [4.69, 9.17) is 4.74 Å². The number of benzene rings is 1. The van der Waals surface area contributed by atoms with Crippen molar-refractivity contribution < 1.29 is 9.53 Å². The van der Waals surface area contributed by atoms with Crippen LogP contribution in [0.1, 0.15) is 24.5 Å². The molecule has 2 rings (SSSR count).